The van der Waals surface area contributed by atoms with Gasteiger partial charge in [0.25, 0.3) is 12.0 Å². The molecule has 0 saturated carbocycles. The Morgan fingerprint density at radius 1 is 0.566 bits per heavy atom. The van der Waals surface area contributed by atoms with Crippen LogP contribution >= 0.6 is 80.6 Å². The molecule has 14 heterocycles. The van der Waals surface area contributed by atoms with Gasteiger partial charge < -0.3 is 46.3 Å². The zero-order valence-corrected chi connectivity index (χ0v) is 63.6. The predicted octanol–water partition coefficient (Wildman–Crippen LogP) is 10.9. The Morgan fingerprint density at radius 2 is 1.01 bits per heavy atom. The van der Waals surface area contributed by atoms with Crippen molar-refractivity contribution in [2.45, 2.75) is 67.1 Å². The number of nitrogens with two attached hydrogens (primary N) is 3. The van der Waals surface area contributed by atoms with E-state index in [9.17, 15) is 4.79 Å². The molecule has 0 spiro atoms. The second-order valence-electron chi connectivity index (χ2n) is 22.8. The molecule has 106 heavy (non-hydrogen) atoms. The minimum absolute atomic E-state index is 0.0201. The van der Waals surface area contributed by atoms with Crippen molar-refractivity contribution in [3.05, 3.63) is 224 Å². The van der Waals surface area contributed by atoms with Crippen molar-refractivity contribution in [3.8, 4) is 33.8 Å². The lowest BCUT2D eigenvalue weighted by Crippen LogP contribution is -2.32. The number of nitrogens with zero attached hydrogens (tertiary/aromatic N) is 19. The first-order chi connectivity index (χ1) is 50.4. The van der Waals surface area contributed by atoms with Crippen LogP contribution in [0.1, 0.15) is 50.5 Å². The zero-order chi connectivity index (χ0) is 76.9. The van der Waals surface area contributed by atoms with Crippen LogP contribution in [0.25, 0.3) is 78.6 Å². The molecule has 0 aliphatic carbocycles. The molecule has 2 radical (unpaired) electrons. The summed E-state index contributed by atoms with van der Waals surface area (Å²) in [6, 6.07) is 39.9. The number of Topliss-reactive ketones (excluding diaryl/α,β-unsaturated/α-hetero) is 1. The third-order valence-electron chi connectivity index (χ3n) is 14.1. The first-order valence-corrected chi connectivity index (χ1v) is 34.5. The van der Waals surface area contributed by atoms with Gasteiger partial charge in [0, 0.05) is 53.9 Å². The topological polar surface area (TPSA) is 413 Å². The monoisotopic (exact) mass is 1640 g/mol. The van der Waals surface area contributed by atoms with Gasteiger partial charge >= 0.3 is 7.12 Å². The molecule has 0 aliphatic rings. The van der Waals surface area contributed by atoms with Gasteiger partial charge in [-0.2, -0.15) is 30.4 Å². The highest BCUT2D eigenvalue weighted by molar-refractivity contribution is 14.1. The highest BCUT2D eigenvalue weighted by Crippen LogP contribution is 2.29. The van der Waals surface area contributed by atoms with E-state index in [0.29, 0.717) is 59.6 Å². The van der Waals surface area contributed by atoms with Gasteiger partial charge in [0.1, 0.15) is 49.6 Å². The smallest absolute Gasteiger partial charge is 0.424 e. The fraction of sp³-hybridized carbons (Fsp3) is 0.159. The number of oxazole rings is 2. The Balaban J connectivity index is 0.000000157. The van der Waals surface area contributed by atoms with Crippen LogP contribution in [-0.4, -0.2) is 152 Å². The molecule has 1 atom stereocenters. The number of alkyl halides is 1. The van der Waals surface area contributed by atoms with E-state index in [0.717, 1.165) is 82.8 Å². The minimum Gasteiger partial charge on any atom is -0.424 e. The van der Waals surface area contributed by atoms with Gasteiger partial charge in [-0.25, -0.2) is 38.0 Å². The number of pyridine rings is 3. The molecular weight excluding hydrogens is 1570 g/mol. The van der Waals surface area contributed by atoms with E-state index < -0.39 is 18.8 Å². The first-order valence-electron chi connectivity index (χ1n) is 31.3. The molecule has 0 fully saturated rings. The van der Waals surface area contributed by atoms with Gasteiger partial charge in [-0.15, -0.1) is 21.8 Å². The summed E-state index contributed by atoms with van der Waals surface area (Å²) < 4.78 is 18.4. The molecule has 0 amide bonds. The summed E-state index contributed by atoms with van der Waals surface area (Å²) in [5.41, 5.74) is 31.8. The molecule has 37 heteroatoms. The number of aryl methyl sites for hydroxylation is 4. The van der Waals surface area contributed by atoms with Crippen molar-refractivity contribution >= 4 is 175 Å². The molecule has 1 unspecified atom stereocenters. The van der Waals surface area contributed by atoms with Crippen LogP contribution in [0.15, 0.2) is 186 Å². The maximum Gasteiger partial charge on any atom is 0.488 e. The summed E-state index contributed by atoms with van der Waals surface area (Å²) in [5, 5.41) is 60.5. The fourth-order valence-corrected chi connectivity index (χ4v) is 9.80. The maximum absolute atomic E-state index is 9.68. The second-order valence-corrected chi connectivity index (χ2v) is 25.7. The number of halogens is 6. The summed E-state index contributed by atoms with van der Waals surface area (Å²) in [7, 11) is 4.13. The van der Waals surface area contributed by atoms with E-state index in [-0.39, 0.29) is 23.7 Å². The standard InChI is InChI=1S/C19H14N6O.C12H9ClN4.C7H5BN2O.C7H5ClIN3.C7H6ClN3.C5H6BNO2.C5H12O2.C4H4ClN3.C3H5ClO/c1-11-18(12-6-8-21-9-7-12)25-17(22-11)5-3-14(24-25)13-2-4-16-15(10-13)23-19(20)26-16;1-8-12(9-4-6-14-7-5-9)17-11(15-8)3-2-10(13)16-17;8-4-1-2-6-5(3-4)10-7(9)11-6;1-4-7(9)12-6(10-4)3-2-5(8)11-12;1-5-4-11-7(9-5)3-2-6(8)10-11;8-6(9)5-1-3-7-4-2-5;1-4(6)5(2,3)7;5-3-1-2-4(6)8-7-3;1-3(5)2-4/h2-10H,1H3,(H2,20,23);2-7H,1H3;1-3H,(H2,9,10);2-3H,1H3;2-4H,1H3;1-4,8-9H;4,6-7H,1-3H3;1-2H,(H2,6,8);2H2,1H3. The number of anilines is 3. The molecule has 16 rings (SSSR count). The lowest BCUT2D eigenvalue weighted by Gasteiger charge is -2.19. The summed E-state index contributed by atoms with van der Waals surface area (Å²) in [4.78, 5) is 47.1. The molecule has 29 nitrogen and oxygen atoms in total. The van der Waals surface area contributed by atoms with E-state index in [1.54, 1.807) is 120 Å². The average molecular weight is 1640 g/mol. The normalized spacial score (nSPS) is 10.9. The molecule has 542 valence electrons. The largest absolute Gasteiger partial charge is 0.488 e. The Kier molecular flexibility index (Phi) is 29.2. The SMILES string of the molecule is CC(=O)CCl.CC(O)C(C)(C)O.Cc1cn2nc(Cl)ccc2n1.Cc1nc2ccc(-c3ccc4oc(N)nc4c3)nn2c1-c1ccncc1.Cc1nc2ccc(Cl)nn2c1-c1ccncc1.Cc1nc2ccc(Cl)nn2c1I.Nc1ccc(Cl)nn1.OB(O)c1ccncc1.[B]c1ccc2oc(N)nc2c1. The van der Waals surface area contributed by atoms with E-state index in [1.807, 2.05) is 111 Å². The summed E-state index contributed by atoms with van der Waals surface area (Å²) in [6.07, 6.45) is 11.2. The number of hydrogen-bond acceptors (Lipinski definition) is 25. The quantitative estimate of drug-likeness (QED) is 0.0462. The average Bonchev–Trinajstić information content (AvgIpc) is 1.62. The van der Waals surface area contributed by atoms with Crippen LogP contribution in [-0.2, 0) is 4.79 Å². The van der Waals surface area contributed by atoms with Gasteiger partial charge in [0.05, 0.1) is 63.6 Å². The zero-order valence-electron chi connectivity index (χ0n) is 57.7. The lowest BCUT2D eigenvalue weighted by molar-refractivity contribution is -0.114. The van der Waals surface area contributed by atoms with E-state index in [1.165, 1.54) is 19.3 Å². The number of imidazole rings is 4. The number of aliphatic hydroxyl groups excluding tert-OH is 1. The molecular formula is C69H66B2Cl5IN22O7. The van der Waals surface area contributed by atoms with Gasteiger partial charge in [-0.05, 0) is 211 Å². The molecule has 10 N–H and O–H groups in total. The van der Waals surface area contributed by atoms with Crippen LogP contribution in [0.3, 0.4) is 0 Å². The summed E-state index contributed by atoms with van der Waals surface area (Å²) in [5.74, 6) is 0.543. The lowest BCUT2D eigenvalue weighted by atomic mass is 9.81. The van der Waals surface area contributed by atoms with Crippen LogP contribution in [0.5, 0.6) is 0 Å². The molecule has 16 aromatic rings. The number of carbonyl (C=O) groups is 1. The minimum atomic E-state index is -1.38. The van der Waals surface area contributed by atoms with Crippen molar-refractivity contribution in [2.24, 2.45) is 0 Å². The van der Waals surface area contributed by atoms with Gasteiger partial charge in [-0.1, -0.05) is 57.9 Å². The van der Waals surface area contributed by atoms with Crippen molar-refractivity contribution in [2.75, 3.05) is 23.1 Å². The van der Waals surface area contributed by atoms with Crippen LogP contribution in [0.2, 0.25) is 20.6 Å². The molecule has 0 saturated heterocycles. The number of rotatable bonds is 6. The summed E-state index contributed by atoms with van der Waals surface area (Å²) in [6.45, 7) is 13.9. The Labute approximate surface area is 645 Å². The third kappa shape index (κ3) is 23.3. The molecule has 2 aromatic carbocycles. The van der Waals surface area contributed by atoms with E-state index >= 15 is 0 Å². The number of carbonyl (C=O) groups excluding carboxylic acids is 1. The predicted molar refractivity (Wildman–Crippen MR) is 421 cm³/mol. The Morgan fingerprint density at radius 3 is 1.49 bits per heavy atom. The highest BCUT2D eigenvalue weighted by Gasteiger charge is 2.19. The fourth-order valence-electron chi connectivity index (χ4n) is 8.80. The number of hydrogen-bond donors (Lipinski definition) is 7. The number of nitrogen functional groups attached to an aromatic ring is 3. The van der Waals surface area contributed by atoms with Crippen molar-refractivity contribution in [3.63, 3.8) is 0 Å². The number of aromatic nitrogens is 19. The number of benzene rings is 2. The van der Waals surface area contributed by atoms with E-state index in [2.05, 4.69) is 92.9 Å². The number of ketones is 1. The van der Waals surface area contributed by atoms with Gasteiger partial charge in [-0.3, -0.25) is 19.7 Å². The number of fused-ring (bicyclic) bond motifs is 6. The van der Waals surface area contributed by atoms with Gasteiger partial charge in [0.15, 0.2) is 38.9 Å². The highest BCUT2D eigenvalue weighted by atomic mass is 127. The van der Waals surface area contributed by atoms with Crippen molar-refractivity contribution in [1.29, 1.82) is 0 Å². The Bertz CT molecular complexity index is 5440. The third-order valence-corrected chi connectivity index (χ3v) is 16.6. The van der Waals surface area contributed by atoms with Crippen molar-refractivity contribution < 1.29 is 33.9 Å². The Hall–Kier alpha value is -10.4. The molecule has 0 aliphatic heterocycles. The molecule has 14 aromatic heterocycles. The van der Waals surface area contributed by atoms with E-state index in [4.69, 9.17) is 117 Å². The van der Waals surface area contributed by atoms with Crippen LogP contribution in [0, 0.1) is 31.4 Å². The van der Waals surface area contributed by atoms with Crippen molar-refractivity contribution in [1.82, 2.24) is 93.5 Å². The second kappa shape index (κ2) is 38.0. The maximum atomic E-state index is 9.68. The first kappa shape index (κ1) is 81.3. The number of aliphatic hydroxyl groups is 2. The molecule has 0 bridgehead atoms. The summed E-state index contributed by atoms with van der Waals surface area (Å²) >= 11 is 29.9. The van der Waals surface area contributed by atoms with Crippen LogP contribution < -0.4 is 28.1 Å². The van der Waals surface area contributed by atoms with Gasteiger partial charge in [0.2, 0.25) is 0 Å². The van der Waals surface area contributed by atoms with Crippen LogP contribution in [0.4, 0.5) is 17.8 Å².